The monoisotopic (exact) mass is 420 g/mol. The van der Waals surface area contributed by atoms with E-state index in [9.17, 15) is 4.79 Å². The van der Waals surface area contributed by atoms with Crippen molar-refractivity contribution in [2.45, 2.75) is 51.0 Å². The van der Waals surface area contributed by atoms with Crippen LogP contribution in [-0.2, 0) is 6.42 Å². The summed E-state index contributed by atoms with van der Waals surface area (Å²) in [6.07, 6.45) is 9.82. The molecule has 0 spiro atoms. The lowest BCUT2D eigenvalue weighted by Gasteiger charge is -2.36. The first-order valence-electron chi connectivity index (χ1n) is 11.6. The molecular weight excluding hydrogens is 388 g/mol. The number of carbonyl (C=O) groups is 1. The molecule has 1 amide bonds. The van der Waals surface area contributed by atoms with Crippen LogP contribution in [0.15, 0.2) is 36.5 Å². The number of benzene rings is 1. The molecule has 0 radical (unpaired) electrons. The van der Waals surface area contributed by atoms with Crippen molar-refractivity contribution in [2.24, 2.45) is 0 Å². The van der Waals surface area contributed by atoms with Crippen LogP contribution in [0.2, 0.25) is 0 Å². The number of H-pyrrole nitrogens is 1. The number of hydrogen-bond donors (Lipinski definition) is 1. The number of nitrogens with zero attached hydrogens (tertiary/aromatic N) is 3. The summed E-state index contributed by atoms with van der Waals surface area (Å²) in [5.74, 6) is 0.797. The molecule has 2 bridgehead atoms. The molecule has 1 saturated heterocycles. The van der Waals surface area contributed by atoms with E-state index in [-0.39, 0.29) is 5.91 Å². The first-order chi connectivity index (χ1) is 15.2. The fraction of sp³-hybridized carbons (Fsp3) is 0.520. The second-order valence-electron chi connectivity index (χ2n) is 8.63. The number of rotatable bonds is 1. The lowest BCUT2D eigenvalue weighted by Crippen LogP contribution is -2.41. The molecule has 0 aliphatic carbocycles. The quantitative estimate of drug-likeness (QED) is 0.757. The van der Waals surface area contributed by atoms with Crippen molar-refractivity contribution >= 4 is 5.91 Å². The van der Waals surface area contributed by atoms with Crippen LogP contribution in [0.4, 0.5) is 0 Å². The maximum Gasteiger partial charge on any atom is 0.270 e. The Morgan fingerprint density at radius 2 is 1.90 bits per heavy atom. The maximum absolute atomic E-state index is 13.0. The van der Waals surface area contributed by atoms with Gasteiger partial charge < -0.3 is 19.5 Å². The Balaban J connectivity index is 1.48. The number of amides is 1. The van der Waals surface area contributed by atoms with Gasteiger partial charge in [-0.15, -0.1) is 0 Å². The minimum Gasteiger partial charge on any atom is -0.492 e. The summed E-state index contributed by atoms with van der Waals surface area (Å²) in [4.78, 5) is 20.5. The second kappa shape index (κ2) is 10.5. The van der Waals surface area contributed by atoms with E-state index < -0.39 is 0 Å². The molecule has 2 aliphatic rings. The molecule has 1 fully saturated rings. The first kappa shape index (κ1) is 21.5. The lowest BCUT2D eigenvalue weighted by atomic mass is 9.95. The number of fused-ring (bicyclic) bond motifs is 3. The predicted octanol–water partition coefficient (Wildman–Crippen LogP) is 3.99. The fourth-order valence-electron chi connectivity index (χ4n) is 4.76. The van der Waals surface area contributed by atoms with Gasteiger partial charge in [-0.1, -0.05) is 18.6 Å². The van der Waals surface area contributed by atoms with Crippen LogP contribution >= 0.6 is 0 Å². The highest BCUT2D eigenvalue weighted by molar-refractivity contribution is 5.92. The highest BCUT2D eigenvalue weighted by atomic mass is 16.5. The standard InChI is InChI=1S/C25H32N4O2/c26-18-21-17-24(27-19-21)25(30)29-13-4-3-12-28-11-2-1-7-22(28)10-9-20-6-5-8-23(16-20)31-15-14-29/h5-6,8,16-17,19,22,27H,1-4,7,9-15H2. The smallest absolute Gasteiger partial charge is 0.270 e. The van der Waals surface area contributed by atoms with Gasteiger partial charge in [-0.2, -0.15) is 5.26 Å². The lowest BCUT2D eigenvalue weighted by molar-refractivity contribution is 0.0716. The van der Waals surface area contributed by atoms with Crippen LogP contribution in [-0.4, -0.2) is 59.5 Å². The van der Waals surface area contributed by atoms with Gasteiger partial charge in [0.1, 0.15) is 24.1 Å². The van der Waals surface area contributed by atoms with Crippen LogP contribution in [0.3, 0.4) is 0 Å². The largest absolute Gasteiger partial charge is 0.492 e. The van der Waals surface area contributed by atoms with Crippen LogP contribution in [0, 0.1) is 11.3 Å². The van der Waals surface area contributed by atoms with Crippen molar-refractivity contribution in [3.63, 3.8) is 0 Å². The average Bonchev–Trinajstić information content (AvgIpc) is 3.28. The molecule has 3 heterocycles. The fourth-order valence-corrected chi connectivity index (χ4v) is 4.76. The number of aromatic amines is 1. The maximum atomic E-state index is 13.0. The van der Waals surface area contributed by atoms with Crippen LogP contribution in [0.1, 0.15) is 60.1 Å². The number of aromatic nitrogens is 1. The van der Waals surface area contributed by atoms with Crippen LogP contribution in [0.5, 0.6) is 5.75 Å². The van der Waals surface area contributed by atoms with Crippen molar-refractivity contribution in [2.75, 3.05) is 32.8 Å². The number of aryl methyl sites for hydroxylation is 1. The molecule has 164 valence electrons. The summed E-state index contributed by atoms with van der Waals surface area (Å²) >= 11 is 0. The topological polar surface area (TPSA) is 72.4 Å². The van der Waals surface area contributed by atoms with E-state index in [4.69, 9.17) is 10.00 Å². The zero-order valence-corrected chi connectivity index (χ0v) is 18.2. The number of hydrogen-bond acceptors (Lipinski definition) is 4. The van der Waals surface area contributed by atoms with Gasteiger partial charge in [-0.05, 0) is 75.4 Å². The zero-order valence-electron chi connectivity index (χ0n) is 18.2. The molecule has 1 unspecified atom stereocenters. The van der Waals surface area contributed by atoms with E-state index in [0.29, 0.717) is 37.0 Å². The first-order valence-corrected chi connectivity index (χ1v) is 11.6. The number of ether oxygens (including phenoxy) is 1. The summed E-state index contributed by atoms with van der Waals surface area (Å²) in [7, 11) is 0. The van der Waals surface area contributed by atoms with Gasteiger partial charge in [0, 0.05) is 18.8 Å². The Morgan fingerprint density at radius 3 is 2.74 bits per heavy atom. The minimum atomic E-state index is -0.0704. The molecular formula is C25H32N4O2. The second-order valence-corrected chi connectivity index (χ2v) is 8.63. The number of piperidine rings is 1. The Kier molecular flexibility index (Phi) is 7.26. The zero-order chi connectivity index (χ0) is 21.5. The molecule has 4 rings (SSSR count). The van der Waals surface area contributed by atoms with E-state index in [1.807, 2.05) is 11.0 Å². The van der Waals surface area contributed by atoms with Gasteiger partial charge in [0.05, 0.1) is 12.1 Å². The molecule has 0 saturated carbocycles. The van der Waals surface area contributed by atoms with Crippen molar-refractivity contribution in [1.82, 2.24) is 14.8 Å². The summed E-state index contributed by atoms with van der Waals surface area (Å²) in [5.41, 5.74) is 2.26. The Bertz CT molecular complexity index is 916. The number of nitriles is 1. The van der Waals surface area contributed by atoms with E-state index in [2.05, 4.69) is 34.2 Å². The molecule has 2 aromatic rings. The summed E-state index contributed by atoms with van der Waals surface area (Å²) in [6, 6.07) is 12.7. The molecule has 2 aliphatic heterocycles. The van der Waals surface area contributed by atoms with Crippen molar-refractivity contribution in [3.8, 4) is 11.8 Å². The Hall–Kier alpha value is -2.78. The predicted molar refractivity (Wildman–Crippen MR) is 120 cm³/mol. The summed E-state index contributed by atoms with van der Waals surface area (Å²) in [5, 5.41) is 9.07. The Labute approximate surface area is 184 Å². The van der Waals surface area contributed by atoms with Gasteiger partial charge in [-0.25, -0.2) is 0 Å². The normalized spacial score (nSPS) is 21.1. The SMILES string of the molecule is N#Cc1c[nH]c(C(=O)N2CCCCN3CCCCC3CCc3cccc(c3)OCC2)c1. The summed E-state index contributed by atoms with van der Waals surface area (Å²) in [6.45, 7) is 3.97. The van der Waals surface area contributed by atoms with Crippen molar-refractivity contribution < 1.29 is 9.53 Å². The third-order valence-corrected chi connectivity index (χ3v) is 6.50. The highest BCUT2D eigenvalue weighted by Gasteiger charge is 2.23. The molecule has 6 nitrogen and oxygen atoms in total. The van der Waals surface area contributed by atoms with E-state index >= 15 is 0 Å². The third kappa shape index (κ3) is 5.68. The molecule has 6 heteroatoms. The van der Waals surface area contributed by atoms with Crippen molar-refractivity contribution in [3.05, 3.63) is 53.3 Å². The Morgan fingerprint density at radius 1 is 1.06 bits per heavy atom. The van der Waals surface area contributed by atoms with Gasteiger partial charge in [0.15, 0.2) is 0 Å². The third-order valence-electron chi connectivity index (χ3n) is 6.50. The molecule has 1 atom stereocenters. The van der Waals surface area contributed by atoms with Gasteiger partial charge in [-0.3, -0.25) is 4.79 Å². The number of carbonyl (C=O) groups excluding carboxylic acids is 1. The van der Waals surface area contributed by atoms with Crippen molar-refractivity contribution in [1.29, 1.82) is 5.26 Å². The van der Waals surface area contributed by atoms with E-state index in [1.165, 1.54) is 37.8 Å². The molecule has 1 N–H and O–H groups in total. The average molecular weight is 421 g/mol. The minimum absolute atomic E-state index is 0.0704. The number of nitrogens with one attached hydrogen (secondary N) is 1. The van der Waals surface area contributed by atoms with Crippen LogP contribution < -0.4 is 4.74 Å². The van der Waals surface area contributed by atoms with E-state index in [0.717, 1.165) is 31.6 Å². The summed E-state index contributed by atoms with van der Waals surface area (Å²) < 4.78 is 6.00. The van der Waals surface area contributed by atoms with Gasteiger partial charge in [0.2, 0.25) is 0 Å². The van der Waals surface area contributed by atoms with E-state index in [1.54, 1.807) is 12.3 Å². The molecule has 1 aromatic carbocycles. The van der Waals surface area contributed by atoms with Gasteiger partial charge >= 0.3 is 0 Å². The highest BCUT2D eigenvalue weighted by Crippen LogP contribution is 2.23. The van der Waals surface area contributed by atoms with Crippen LogP contribution in [0.25, 0.3) is 0 Å². The molecule has 31 heavy (non-hydrogen) atoms. The molecule has 1 aromatic heterocycles. The van der Waals surface area contributed by atoms with Gasteiger partial charge in [0.25, 0.3) is 5.91 Å².